The van der Waals surface area contributed by atoms with Gasteiger partial charge in [-0.15, -0.1) is 12.4 Å². The van der Waals surface area contributed by atoms with Gasteiger partial charge in [0, 0.05) is 12.5 Å². The molecule has 0 radical (unpaired) electrons. The van der Waals surface area contributed by atoms with Crippen molar-refractivity contribution in [3.63, 3.8) is 0 Å². The molecule has 0 spiro atoms. The minimum absolute atomic E-state index is 0. The van der Waals surface area contributed by atoms with Crippen LogP contribution in [0, 0.1) is 11.8 Å². The van der Waals surface area contributed by atoms with Gasteiger partial charge < -0.3 is 10.1 Å². The predicted octanol–water partition coefficient (Wildman–Crippen LogP) is 3.50. The predicted molar refractivity (Wildman–Crippen MR) is 103 cm³/mol. The molecule has 2 aliphatic heterocycles. The summed E-state index contributed by atoms with van der Waals surface area (Å²) in [5.41, 5.74) is 3.90. The van der Waals surface area contributed by atoms with Crippen molar-refractivity contribution >= 4 is 24.4 Å². The van der Waals surface area contributed by atoms with Gasteiger partial charge >= 0.3 is 6.09 Å². The van der Waals surface area contributed by atoms with E-state index in [1.807, 2.05) is 20.8 Å². The molecule has 0 aliphatic carbocycles. The maximum absolute atomic E-state index is 13.1. The van der Waals surface area contributed by atoms with E-state index in [-0.39, 0.29) is 42.1 Å². The van der Waals surface area contributed by atoms with Gasteiger partial charge in [0.25, 0.3) is 0 Å². The number of carbonyl (C=O) groups is 2. The average Bonchev–Trinajstić information content (AvgIpc) is 3.01. The SMILES string of the molecule is CC(C)[C@H]1COC(=O)N1C(=O)[C@@H](C)[C@@H](C)c1cccc2c1CCNC2.Cl. The number of amides is 2. The molecule has 2 amide bonds. The molecular formula is C20H29ClN2O3. The summed E-state index contributed by atoms with van der Waals surface area (Å²) < 4.78 is 5.14. The first-order valence-corrected chi connectivity index (χ1v) is 9.23. The lowest BCUT2D eigenvalue weighted by Crippen LogP contribution is -2.45. The second-order valence-electron chi connectivity index (χ2n) is 7.59. The fourth-order valence-electron chi connectivity index (χ4n) is 3.87. The number of nitrogens with zero attached hydrogens (tertiary/aromatic N) is 1. The number of fused-ring (bicyclic) bond motifs is 1. The zero-order valence-electron chi connectivity index (χ0n) is 16.0. The zero-order valence-corrected chi connectivity index (χ0v) is 16.8. The van der Waals surface area contributed by atoms with E-state index in [2.05, 4.69) is 30.4 Å². The largest absolute Gasteiger partial charge is 0.447 e. The number of carbonyl (C=O) groups excluding carboxylic acids is 2. The van der Waals surface area contributed by atoms with E-state index in [1.54, 1.807) is 0 Å². The lowest BCUT2D eigenvalue weighted by Gasteiger charge is -2.30. The Morgan fingerprint density at radius 3 is 2.69 bits per heavy atom. The monoisotopic (exact) mass is 380 g/mol. The van der Waals surface area contributed by atoms with Gasteiger partial charge in [-0.2, -0.15) is 0 Å². The van der Waals surface area contributed by atoms with Crippen molar-refractivity contribution in [2.24, 2.45) is 11.8 Å². The number of cyclic esters (lactones) is 1. The molecule has 26 heavy (non-hydrogen) atoms. The lowest BCUT2D eigenvalue weighted by atomic mass is 9.82. The molecule has 3 rings (SSSR count). The summed E-state index contributed by atoms with van der Waals surface area (Å²) in [4.78, 5) is 26.5. The van der Waals surface area contributed by atoms with Crippen molar-refractivity contribution in [3.8, 4) is 0 Å². The van der Waals surface area contributed by atoms with Crippen LogP contribution in [-0.4, -0.2) is 36.1 Å². The third-order valence-corrected chi connectivity index (χ3v) is 5.72. The number of hydrogen-bond donors (Lipinski definition) is 1. The Balaban J connectivity index is 0.00000243. The first kappa shape index (κ1) is 20.7. The van der Waals surface area contributed by atoms with Crippen molar-refractivity contribution in [2.75, 3.05) is 13.2 Å². The Labute approximate surface area is 161 Å². The molecule has 3 atom stereocenters. The van der Waals surface area contributed by atoms with Gasteiger partial charge in [-0.25, -0.2) is 9.69 Å². The van der Waals surface area contributed by atoms with E-state index in [0.29, 0.717) is 6.61 Å². The Morgan fingerprint density at radius 2 is 2.00 bits per heavy atom. The standard InChI is InChI=1S/C20H28N2O3.ClH/c1-12(2)18-11-25-20(24)22(18)19(23)14(4)13(3)16-7-5-6-15-10-21-9-8-17(15)16;/h5-7,12-14,18,21H,8-11H2,1-4H3;1H/t13-,14+,18-;/m1./s1. The fourth-order valence-corrected chi connectivity index (χ4v) is 3.87. The molecule has 144 valence electrons. The third-order valence-electron chi connectivity index (χ3n) is 5.72. The number of benzene rings is 1. The Bertz CT molecular complexity index is 677. The Hall–Kier alpha value is -1.59. The van der Waals surface area contributed by atoms with E-state index in [9.17, 15) is 9.59 Å². The molecule has 0 unspecified atom stereocenters. The molecule has 0 bridgehead atoms. The normalized spacial score (nSPS) is 21.7. The second kappa shape index (κ2) is 8.40. The number of hydrogen-bond acceptors (Lipinski definition) is 4. The zero-order chi connectivity index (χ0) is 18.1. The third kappa shape index (κ3) is 3.74. The van der Waals surface area contributed by atoms with Gasteiger partial charge in [0.05, 0.1) is 6.04 Å². The molecule has 1 aromatic rings. The van der Waals surface area contributed by atoms with Crippen LogP contribution in [0.15, 0.2) is 18.2 Å². The highest BCUT2D eigenvalue weighted by Crippen LogP contribution is 2.33. The summed E-state index contributed by atoms with van der Waals surface area (Å²) in [5.74, 6) is -0.149. The molecule has 6 heteroatoms. The van der Waals surface area contributed by atoms with Crippen LogP contribution in [0.4, 0.5) is 4.79 Å². The second-order valence-corrected chi connectivity index (χ2v) is 7.59. The van der Waals surface area contributed by atoms with Crippen LogP contribution >= 0.6 is 12.4 Å². The summed E-state index contributed by atoms with van der Waals surface area (Å²) >= 11 is 0. The van der Waals surface area contributed by atoms with Crippen LogP contribution in [0.2, 0.25) is 0 Å². The number of imide groups is 1. The summed E-state index contributed by atoms with van der Waals surface area (Å²) in [6.45, 7) is 10.2. The van der Waals surface area contributed by atoms with Crippen LogP contribution in [0.1, 0.15) is 50.3 Å². The summed E-state index contributed by atoms with van der Waals surface area (Å²) in [5, 5.41) is 3.39. The number of nitrogens with one attached hydrogen (secondary N) is 1. The molecule has 5 nitrogen and oxygen atoms in total. The van der Waals surface area contributed by atoms with E-state index in [4.69, 9.17) is 4.74 Å². The molecule has 0 aromatic heterocycles. The van der Waals surface area contributed by atoms with Crippen LogP contribution in [-0.2, 0) is 22.5 Å². The highest BCUT2D eigenvalue weighted by atomic mass is 35.5. The van der Waals surface area contributed by atoms with Crippen molar-refractivity contribution in [1.82, 2.24) is 10.2 Å². The number of halogens is 1. The van der Waals surface area contributed by atoms with E-state index < -0.39 is 6.09 Å². The molecule has 1 N–H and O–H groups in total. The Kier molecular flexibility index (Phi) is 6.69. The molecule has 2 aliphatic rings. The highest BCUT2D eigenvalue weighted by molar-refractivity contribution is 5.95. The van der Waals surface area contributed by atoms with Gasteiger partial charge in [-0.1, -0.05) is 45.9 Å². The molecular weight excluding hydrogens is 352 g/mol. The van der Waals surface area contributed by atoms with Gasteiger partial charge in [-0.3, -0.25) is 4.79 Å². The van der Waals surface area contributed by atoms with Crippen molar-refractivity contribution < 1.29 is 14.3 Å². The first-order chi connectivity index (χ1) is 11.9. The Morgan fingerprint density at radius 1 is 1.27 bits per heavy atom. The number of ether oxygens (including phenoxy) is 1. The van der Waals surface area contributed by atoms with Crippen LogP contribution in [0.3, 0.4) is 0 Å². The average molecular weight is 381 g/mol. The maximum atomic E-state index is 13.1. The summed E-state index contributed by atoms with van der Waals surface area (Å²) in [6, 6.07) is 6.18. The minimum atomic E-state index is -0.498. The van der Waals surface area contributed by atoms with Crippen LogP contribution < -0.4 is 5.32 Å². The van der Waals surface area contributed by atoms with Crippen molar-refractivity contribution in [1.29, 1.82) is 0 Å². The molecule has 1 fully saturated rings. The first-order valence-electron chi connectivity index (χ1n) is 9.23. The number of rotatable bonds is 4. The maximum Gasteiger partial charge on any atom is 0.416 e. The topological polar surface area (TPSA) is 58.6 Å². The highest BCUT2D eigenvalue weighted by Gasteiger charge is 2.42. The smallest absolute Gasteiger partial charge is 0.416 e. The van der Waals surface area contributed by atoms with Crippen LogP contribution in [0.25, 0.3) is 0 Å². The van der Waals surface area contributed by atoms with Gasteiger partial charge in [0.1, 0.15) is 6.61 Å². The fraction of sp³-hybridized carbons (Fsp3) is 0.600. The van der Waals surface area contributed by atoms with Crippen LogP contribution in [0.5, 0.6) is 0 Å². The molecule has 1 aromatic carbocycles. The molecule has 0 saturated carbocycles. The van der Waals surface area contributed by atoms with E-state index in [0.717, 1.165) is 19.5 Å². The van der Waals surface area contributed by atoms with Gasteiger partial charge in [-0.05, 0) is 41.5 Å². The quantitative estimate of drug-likeness (QED) is 0.868. The van der Waals surface area contributed by atoms with E-state index in [1.165, 1.54) is 21.6 Å². The lowest BCUT2D eigenvalue weighted by molar-refractivity contribution is -0.134. The molecule has 2 heterocycles. The van der Waals surface area contributed by atoms with Gasteiger partial charge in [0.2, 0.25) is 5.91 Å². The van der Waals surface area contributed by atoms with Crippen molar-refractivity contribution in [3.05, 3.63) is 34.9 Å². The van der Waals surface area contributed by atoms with Crippen molar-refractivity contribution in [2.45, 2.75) is 52.6 Å². The molecule has 1 saturated heterocycles. The van der Waals surface area contributed by atoms with Gasteiger partial charge in [0.15, 0.2) is 0 Å². The van der Waals surface area contributed by atoms with E-state index >= 15 is 0 Å². The summed E-state index contributed by atoms with van der Waals surface area (Å²) in [7, 11) is 0. The summed E-state index contributed by atoms with van der Waals surface area (Å²) in [6.07, 6.45) is 0.485. The minimum Gasteiger partial charge on any atom is -0.447 e.